The number of amides is 2. The van der Waals surface area contributed by atoms with Gasteiger partial charge in [0.25, 0.3) is 5.91 Å². The van der Waals surface area contributed by atoms with Crippen molar-refractivity contribution in [3.05, 3.63) is 87.6 Å². The van der Waals surface area contributed by atoms with E-state index in [9.17, 15) is 9.59 Å². The number of hydrogen-bond donors (Lipinski definition) is 1. The fourth-order valence-corrected chi connectivity index (χ4v) is 6.21. The molecule has 2 amide bonds. The lowest BCUT2D eigenvalue weighted by atomic mass is 9.80. The summed E-state index contributed by atoms with van der Waals surface area (Å²) in [6.45, 7) is 4.32. The highest BCUT2D eigenvalue weighted by atomic mass is 32.1. The van der Waals surface area contributed by atoms with Crippen LogP contribution in [-0.2, 0) is 4.79 Å². The predicted octanol–water partition coefficient (Wildman–Crippen LogP) is 6.73. The van der Waals surface area contributed by atoms with E-state index in [1.54, 1.807) is 11.3 Å². The molecule has 0 radical (unpaired) electrons. The highest BCUT2D eigenvalue weighted by Gasteiger charge is 2.47. The van der Waals surface area contributed by atoms with E-state index in [-0.39, 0.29) is 23.9 Å². The van der Waals surface area contributed by atoms with E-state index in [1.807, 2.05) is 52.7 Å². The van der Waals surface area contributed by atoms with Gasteiger partial charge in [0.2, 0.25) is 5.91 Å². The molecule has 1 aromatic heterocycles. The topological polar surface area (TPSA) is 49.4 Å². The lowest BCUT2D eigenvalue weighted by Gasteiger charge is -2.44. The molecule has 0 saturated heterocycles. The molecule has 4 nitrogen and oxygen atoms in total. The molecule has 1 N–H and O–H groups in total. The second-order valence-electron chi connectivity index (χ2n) is 9.44. The van der Waals surface area contributed by atoms with Crippen molar-refractivity contribution in [1.29, 1.82) is 0 Å². The Kier molecular flexibility index (Phi) is 6.07. The molecule has 2 heterocycles. The first kappa shape index (κ1) is 21.9. The average Bonchev–Trinajstić information content (AvgIpc) is 3.54. The third-order valence-corrected chi connectivity index (χ3v) is 8.00. The molecule has 3 aromatic rings. The van der Waals surface area contributed by atoms with Crippen molar-refractivity contribution in [1.82, 2.24) is 4.90 Å². The second kappa shape index (κ2) is 9.14. The molecule has 0 bridgehead atoms. The fraction of sp³-hybridized carbons (Fsp3) is 0.357. The molecule has 1 aliphatic heterocycles. The van der Waals surface area contributed by atoms with E-state index in [0.29, 0.717) is 11.5 Å². The van der Waals surface area contributed by atoms with E-state index in [0.717, 1.165) is 41.8 Å². The summed E-state index contributed by atoms with van der Waals surface area (Å²) in [5.74, 6) is -0.0213. The summed E-state index contributed by atoms with van der Waals surface area (Å²) in [4.78, 5) is 30.7. The highest BCUT2D eigenvalue weighted by molar-refractivity contribution is 7.10. The van der Waals surface area contributed by atoms with E-state index < -0.39 is 5.92 Å². The Labute approximate surface area is 199 Å². The first-order chi connectivity index (χ1) is 16.0. The second-order valence-corrected chi connectivity index (χ2v) is 10.4. The summed E-state index contributed by atoms with van der Waals surface area (Å²) < 4.78 is 0. The Morgan fingerprint density at radius 1 is 1.00 bits per heavy atom. The minimum Gasteiger partial charge on any atom is -0.327 e. The van der Waals surface area contributed by atoms with Crippen LogP contribution in [0.25, 0.3) is 0 Å². The first-order valence-electron chi connectivity index (χ1n) is 11.9. The molecule has 170 valence electrons. The van der Waals surface area contributed by atoms with Gasteiger partial charge < -0.3 is 10.2 Å². The monoisotopic (exact) mass is 458 g/mol. The van der Waals surface area contributed by atoms with Crippen molar-refractivity contribution in [3.63, 3.8) is 0 Å². The summed E-state index contributed by atoms with van der Waals surface area (Å²) >= 11 is 1.63. The van der Waals surface area contributed by atoms with E-state index in [4.69, 9.17) is 0 Å². The largest absolute Gasteiger partial charge is 0.327 e. The van der Waals surface area contributed by atoms with Gasteiger partial charge in [-0.1, -0.05) is 63.1 Å². The quantitative estimate of drug-likeness (QED) is 0.461. The van der Waals surface area contributed by atoms with Gasteiger partial charge in [0.1, 0.15) is 0 Å². The summed E-state index contributed by atoms with van der Waals surface area (Å²) in [6.07, 6.45) is 4.26. The van der Waals surface area contributed by atoms with Gasteiger partial charge in [-0.3, -0.25) is 9.59 Å². The van der Waals surface area contributed by atoms with Gasteiger partial charge in [0.15, 0.2) is 0 Å². The van der Waals surface area contributed by atoms with Crippen molar-refractivity contribution >= 4 is 28.8 Å². The highest BCUT2D eigenvalue weighted by Crippen LogP contribution is 2.47. The van der Waals surface area contributed by atoms with Gasteiger partial charge in [-0.15, -0.1) is 11.3 Å². The lowest BCUT2D eigenvalue weighted by Crippen LogP contribution is -2.49. The van der Waals surface area contributed by atoms with Crippen LogP contribution >= 0.6 is 11.3 Å². The summed E-state index contributed by atoms with van der Waals surface area (Å²) in [7, 11) is 0. The van der Waals surface area contributed by atoms with Crippen LogP contribution in [0.2, 0.25) is 0 Å². The number of fused-ring (bicyclic) bond motifs is 1. The van der Waals surface area contributed by atoms with Gasteiger partial charge in [-0.2, -0.15) is 0 Å². The van der Waals surface area contributed by atoms with Crippen LogP contribution in [-0.4, -0.2) is 22.8 Å². The molecule has 5 rings (SSSR count). The van der Waals surface area contributed by atoms with Crippen LogP contribution in [0.4, 0.5) is 5.69 Å². The molecule has 2 aliphatic rings. The number of nitrogens with one attached hydrogen (secondary N) is 1. The maximum atomic E-state index is 13.9. The zero-order chi connectivity index (χ0) is 22.9. The molecule has 5 heteroatoms. The minimum absolute atomic E-state index is 0.0567. The first-order valence-corrected chi connectivity index (χ1v) is 12.8. The standard InChI is InChI=1S/C28H30N2O2S/c1-18(2)19-13-15-20(16-14-19)29-27(31)25-22-10-5-6-11-23(22)28(32)30(21-8-3-4-9-21)26(25)24-12-7-17-33-24/h5-7,10-18,21,25-26H,3-4,8-9H2,1-2H3,(H,29,31). The Balaban J connectivity index is 1.56. The van der Waals surface area contributed by atoms with Crippen molar-refractivity contribution in [2.24, 2.45) is 0 Å². The van der Waals surface area contributed by atoms with Gasteiger partial charge in [0.05, 0.1) is 12.0 Å². The van der Waals surface area contributed by atoms with E-state index >= 15 is 0 Å². The van der Waals surface area contributed by atoms with Crippen LogP contribution < -0.4 is 5.32 Å². The third-order valence-electron chi connectivity index (χ3n) is 7.06. The van der Waals surface area contributed by atoms with Crippen LogP contribution in [0.3, 0.4) is 0 Å². The van der Waals surface area contributed by atoms with Crippen molar-refractivity contribution < 1.29 is 9.59 Å². The van der Waals surface area contributed by atoms with Crippen molar-refractivity contribution in [2.75, 3.05) is 5.32 Å². The van der Waals surface area contributed by atoms with E-state index in [1.165, 1.54) is 5.56 Å². The number of anilines is 1. The Bertz CT molecular complexity index is 1130. The summed E-state index contributed by atoms with van der Waals surface area (Å²) in [5, 5.41) is 5.20. The SMILES string of the molecule is CC(C)c1ccc(NC(=O)C2c3ccccc3C(=O)N(C3CCCC3)C2c2cccs2)cc1. The number of rotatable bonds is 5. The minimum atomic E-state index is -0.456. The third kappa shape index (κ3) is 4.10. The molecule has 1 fully saturated rings. The van der Waals surface area contributed by atoms with Crippen molar-refractivity contribution in [3.8, 4) is 0 Å². The maximum Gasteiger partial charge on any atom is 0.254 e. The molecule has 0 spiro atoms. The normalized spacial score (nSPS) is 20.8. The number of carbonyl (C=O) groups excluding carboxylic acids is 2. The average molecular weight is 459 g/mol. The Morgan fingerprint density at radius 3 is 2.39 bits per heavy atom. The number of hydrogen-bond acceptors (Lipinski definition) is 3. The number of nitrogens with zero attached hydrogens (tertiary/aromatic N) is 1. The maximum absolute atomic E-state index is 13.9. The van der Waals surface area contributed by atoms with Crippen LogP contribution in [0.5, 0.6) is 0 Å². The predicted molar refractivity (Wildman–Crippen MR) is 134 cm³/mol. The molecule has 2 aromatic carbocycles. The summed E-state index contributed by atoms with van der Waals surface area (Å²) in [6, 6.07) is 19.7. The number of carbonyl (C=O) groups is 2. The molecular formula is C28H30N2O2S. The zero-order valence-corrected chi connectivity index (χ0v) is 20.0. The molecule has 1 saturated carbocycles. The van der Waals surface area contributed by atoms with Crippen molar-refractivity contribution in [2.45, 2.75) is 63.5 Å². The lowest BCUT2D eigenvalue weighted by molar-refractivity contribution is -0.119. The Morgan fingerprint density at radius 2 is 1.73 bits per heavy atom. The number of benzene rings is 2. The number of thiophene rings is 1. The molecule has 33 heavy (non-hydrogen) atoms. The van der Waals surface area contributed by atoms with E-state index in [2.05, 4.69) is 37.4 Å². The summed E-state index contributed by atoms with van der Waals surface area (Å²) in [5.41, 5.74) is 3.51. The van der Waals surface area contributed by atoms with Crippen LogP contribution in [0.1, 0.15) is 83.8 Å². The van der Waals surface area contributed by atoms with Gasteiger partial charge in [-0.25, -0.2) is 0 Å². The molecule has 2 atom stereocenters. The van der Waals surface area contributed by atoms with Crippen LogP contribution in [0, 0.1) is 0 Å². The Hall–Kier alpha value is -2.92. The molecule has 2 unspecified atom stereocenters. The zero-order valence-electron chi connectivity index (χ0n) is 19.2. The van der Waals surface area contributed by atoms with Gasteiger partial charge in [0, 0.05) is 22.2 Å². The van der Waals surface area contributed by atoms with Crippen LogP contribution in [0.15, 0.2) is 66.0 Å². The fourth-order valence-electron chi connectivity index (χ4n) is 5.35. The molecular weight excluding hydrogens is 428 g/mol. The van der Waals surface area contributed by atoms with Gasteiger partial charge in [-0.05, 0) is 59.5 Å². The smallest absolute Gasteiger partial charge is 0.254 e. The van der Waals surface area contributed by atoms with Gasteiger partial charge >= 0.3 is 0 Å². The molecule has 1 aliphatic carbocycles.